The maximum atomic E-state index is 14.4. The van der Waals surface area contributed by atoms with Gasteiger partial charge in [-0.25, -0.2) is 37.9 Å². The number of ether oxygens (including phenoxy) is 6. The van der Waals surface area contributed by atoms with Crippen LogP contribution in [-0.4, -0.2) is 180 Å². The molecule has 1 amide bonds. The maximum absolute atomic E-state index is 14.4. The van der Waals surface area contributed by atoms with E-state index < -0.39 is 148 Å². The molecule has 8 heterocycles. The number of anilines is 4. The molecule has 6 aromatic carbocycles. The quantitative estimate of drug-likeness (QED) is 0.00440. The van der Waals surface area contributed by atoms with Gasteiger partial charge in [-0.15, -0.1) is 46.2 Å². The number of nitrogens with zero attached hydrogens (tertiary/aromatic N) is 3. The van der Waals surface area contributed by atoms with Crippen LogP contribution in [0.2, 0.25) is 10.1 Å². The average Bonchev–Trinajstić information content (AvgIpc) is 0.876. The number of hydrogen-bond donors (Lipinski definition) is 9. The van der Waals surface area contributed by atoms with E-state index in [0.29, 0.717) is 59.3 Å². The van der Waals surface area contributed by atoms with Gasteiger partial charge in [0.25, 0.3) is 11.1 Å². The molecule has 2 saturated heterocycles. The van der Waals surface area contributed by atoms with Crippen molar-refractivity contribution in [2.75, 3.05) is 73.3 Å². The molecule has 0 bridgehead atoms. The van der Waals surface area contributed by atoms with Crippen LogP contribution in [0.5, 0.6) is 11.5 Å². The fraction of sp³-hybridized carbons (Fsp3) is 0.326. The van der Waals surface area contributed by atoms with Crippen molar-refractivity contribution in [2.24, 2.45) is 0 Å². The van der Waals surface area contributed by atoms with Gasteiger partial charge in [-0.3, -0.25) is 61.7 Å². The van der Waals surface area contributed by atoms with Gasteiger partial charge >= 0.3 is 74.9 Å². The number of carbonyl (C=O) groups excluding carboxylic acids is 6. The first-order valence-electron chi connectivity index (χ1n) is 43.4. The number of fused-ring (bicyclic) bond motifs is 2. The zero-order valence-electron chi connectivity index (χ0n) is 76.3. The van der Waals surface area contributed by atoms with Crippen molar-refractivity contribution in [2.45, 2.75) is 149 Å². The molecule has 4 aliphatic rings. The van der Waals surface area contributed by atoms with Gasteiger partial charge in [0.2, 0.25) is 30.1 Å². The topological polar surface area (TPSA) is 527 Å². The van der Waals surface area contributed by atoms with Crippen LogP contribution < -0.4 is 61.1 Å². The van der Waals surface area contributed by atoms with E-state index in [1.165, 1.54) is 80.8 Å². The van der Waals surface area contributed by atoms with Crippen molar-refractivity contribution in [3.8, 4) is 11.5 Å². The minimum absolute atomic E-state index is 0. The average molecular weight is 2590 g/mol. The number of aromatic amines is 2. The molecule has 0 radical (unpaired) electrons. The van der Waals surface area contributed by atoms with Gasteiger partial charge < -0.3 is 73.2 Å². The van der Waals surface area contributed by atoms with Crippen LogP contribution in [0.4, 0.5) is 33.1 Å². The van der Waals surface area contributed by atoms with E-state index in [-0.39, 0.29) is 110 Å². The van der Waals surface area contributed by atoms with Crippen molar-refractivity contribution < 1.29 is 133 Å². The molecule has 4 aromatic heterocycles. The molecule has 14 rings (SSSR count). The van der Waals surface area contributed by atoms with E-state index in [1.54, 1.807) is 23.9 Å². The Kier molecular flexibility index (Phi) is 37.8. The molecule has 2 atom stereocenters. The summed E-state index contributed by atoms with van der Waals surface area (Å²) in [6.45, 7) is 11.8. The second-order valence-electron chi connectivity index (χ2n) is 33.3. The number of rotatable bonds is 36. The third kappa shape index (κ3) is 28.7. The Morgan fingerprint density at radius 3 is 1.28 bits per heavy atom. The fourth-order valence-corrected chi connectivity index (χ4v) is 30.9. The molecule has 141 heavy (non-hydrogen) atoms. The number of amides is 1. The van der Waals surface area contributed by atoms with Gasteiger partial charge in [0.15, 0.2) is 17.7 Å². The van der Waals surface area contributed by atoms with Crippen LogP contribution >= 0.6 is 73.4 Å². The number of halogens is 1. The molecule has 49 heteroatoms. The molecule has 0 spiro atoms. The molecule has 38 nitrogen and oxygen atoms in total. The van der Waals surface area contributed by atoms with E-state index >= 15 is 0 Å². The van der Waals surface area contributed by atoms with Crippen LogP contribution in [-0.2, 0) is 101 Å². The summed E-state index contributed by atoms with van der Waals surface area (Å²) in [4.78, 5) is 174. The van der Waals surface area contributed by atoms with E-state index in [9.17, 15) is 76.9 Å². The molecule has 10 aromatic rings. The molecular weight excluding hydrogens is 2490 g/mol. The monoisotopic (exact) mass is 2590 g/mol. The minimum atomic E-state index is -4.16. The molecule has 0 aliphatic carbocycles. The molecule has 9 N–H and O–H groups in total. The number of aliphatic carboxylic acids is 2. The number of hydrogen-bond acceptors (Lipinski definition) is 35. The van der Waals surface area contributed by atoms with Crippen LogP contribution in [0, 0.1) is 0 Å². The summed E-state index contributed by atoms with van der Waals surface area (Å²) in [6, 6.07) is 55.5. The van der Waals surface area contributed by atoms with Gasteiger partial charge in [0, 0.05) is 44.9 Å². The molecule has 4 aliphatic heterocycles. The standard InChI is InChI=1S/C46H49N4O15PS2Si.C29H32N4O3S2Si.C17H18ClO12P.2Fm/c1-46(2,3)69(32-11-6-4-7-12-32,33-13-8-5-9-14-33)49-44-47-40-39(41(54)48-44)68-31(17-16-30-18-20-36(67-30)42(55)56)26-50(40)45(58)60-27-29-15-19-35(65-66(59)63-23-10-24-64-66)34(25-29)43(57)62-28-61-38(53)22-21-37(51)52;1-29(2,3)39(21-10-6-4-7-11-21,22-12-8-5-9-13-22)33-28-31-25-24(26(34)32-28)38-20(18-30-25)15-14-19-16-17-23(37-19)27(35)36;18-17(23)25-9-11-2-3-13(30-31(24)28-6-1-7-29-31)12(8-11)16(22)27-10-26-15(21)5-4-14(19)20;;/h4-9,11-15,18-20,25,31H,10,16-17,21-24,26-28H2,1-3H3,(H,51,52)(H,55,56)(H2,47,48,49,54);4-13,16-17,20H,14-15,18H2,1-3H3,(H,35,36)(H3,30,31,32,33,34);2-3,8H,1,4-7,9-10H2,(H,19,20);;. The van der Waals surface area contributed by atoms with Crippen LogP contribution in [0.25, 0.3) is 0 Å². The van der Waals surface area contributed by atoms with Crippen LogP contribution in [0.1, 0.15) is 154 Å². The summed E-state index contributed by atoms with van der Waals surface area (Å²) in [7, 11) is -13.9. The van der Waals surface area contributed by atoms with E-state index in [1.807, 2.05) is 78.9 Å². The Morgan fingerprint density at radius 2 is 0.887 bits per heavy atom. The normalized spacial score (nSPS) is 15.1. The van der Waals surface area contributed by atoms with E-state index in [0.717, 1.165) is 44.3 Å². The summed E-state index contributed by atoms with van der Waals surface area (Å²) in [5.74, 6) is -7.54. The van der Waals surface area contributed by atoms with Gasteiger partial charge in [-0.05, 0) is 129 Å². The van der Waals surface area contributed by atoms with Crippen molar-refractivity contribution in [1.82, 2.24) is 19.9 Å². The number of thiophene rings is 2. The second-order valence-corrected chi connectivity index (χ2v) is 50.6. The zero-order valence-corrected chi connectivity index (χ0v) is 89.0. The molecule has 760 valence electrons. The number of carbonyl (C=O) groups is 10. The molecular formula is C92H99ClFm2N8O30P2S4Si2. The van der Waals surface area contributed by atoms with Gasteiger partial charge in [0.05, 0.1) is 52.1 Å². The first kappa shape index (κ1) is 109. The number of esters is 4. The van der Waals surface area contributed by atoms with Crippen molar-refractivity contribution in [1.29, 1.82) is 0 Å². The number of H-pyrrole nitrogens is 2. The number of carboxylic acid groups (broad SMARTS) is 4. The number of benzene rings is 6. The fourth-order valence-electron chi connectivity index (χ4n) is 15.1. The summed E-state index contributed by atoms with van der Waals surface area (Å²) >= 11 is 10.4. The number of thioether (sulfide) groups is 2. The summed E-state index contributed by atoms with van der Waals surface area (Å²) in [6.07, 6.45) is 0.782. The number of aromatic nitrogens is 4. The zero-order chi connectivity index (χ0) is 99.8. The number of aryl methyl sites for hydroxylation is 2. The number of phosphoric ester groups is 2. The van der Waals surface area contributed by atoms with E-state index in [4.69, 9.17) is 77.9 Å². The van der Waals surface area contributed by atoms with Crippen molar-refractivity contribution in [3.63, 3.8) is 0 Å². The number of carboxylic acids is 4. The Bertz CT molecular complexity index is 6250. The van der Waals surface area contributed by atoms with Gasteiger partial charge in [-0.2, -0.15) is 9.97 Å². The first-order chi connectivity index (χ1) is 66.3. The third-order valence-corrected chi connectivity index (χ3v) is 40.1. The SMILES string of the molecule is CC(C)(C)[Si](Nc1nc2c(c(=O)[nH]1)SC(CCc1ccc(C(=O)O)s1)CN2)(c1ccccc1)c1ccccc1.CC(C)(C)[Si](Nc1nc2c(c(=O)[nH]1)SC(CCc1ccc(C(=O)O)s1)CN2C(=O)OCc1ccc(OP2(=O)OCCCO2)c(C(=O)OCOC(=O)CCC(=O)O)c1)(c1ccccc1)c1ccccc1.O=C(O)CCC(=O)OCOC(=O)c1cc(COC(=O)Cl)ccc1OP1(=O)OCCCO1.[Fm].[Fm]. The third-order valence-electron chi connectivity index (χ3n) is 21.7. The maximum Gasteiger partial charge on any atom is 0.530 e. The Labute approximate surface area is 819 Å². The van der Waals surface area contributed by atoms with Gasteiger partial charge in [-0.1, -0.05) is 175 Å². The minimum Gasteiger partial charge on any atom is -0.481 e. The van der Waals surface area contributed by atoms with Crippen LogP contribution in [0.15, 0.2) is 201 Å². The number of phosphoric acid groups is 2. The molecule has 2 fully saturated rings. The number of aromatic carboxylic acids is 2. The summed E-state index contributed by atoms with van der Waals surface area (Å²) < 4.78 is 87.0. The van der Waals surface area contributed by atoms with Crippen molar-refractivity contribution >= 4 is 193 Å². The van der Waals surface area contributed by atoms with Gasteiger partial charge in [0.1, 0.15) is 61.2 Å². The Morgan fingerprint density at radius 1 is 0.496 bits per heavy atom. The predicted molar refractivity (Wildman–Crippen MR) is 522 cm³/mol. The largest absolute Gasteiger partial charge is 0.530 e. The van der Waals surface area contributed by atoms with Crippen LogP contribution in [0.3, 0.4) is 0 Å². The van der Waals surface area contributed by atoms with Crippen molar-refractivity contribution in [3.05, 3.63) is 244 Å². The predicted octanol–water partition coefficient (Wildman–Crippen LogP) is 15.2. The first-order valence-corrected chi connectivity index (χ1v) is 54.1. The summed E-state index contributed by atoms with van der Waals surface area (Å²) in [5.41, 5.74) is -1.75. The Hall–Kier alpha value is -14.3. The molecule has 0 saturated carbocycles. The molecule has 2 unspecified atom stereocenters. The summed E-state index contributed by atoms with van der Waals surface area (Å²) in [5, 5.41) is 43.2. The second kappa shape index (κ2) is 49.0. The Balaban J connectivity index is 0.000000239. The smallest absolute Gasteiger partial charge is 0.481 e. The van der Waals surface area contributed by atoms with E-state index in [2.05, 4.69) is 125 Å². The number of nitrogens with one attached hydrogen (secondary N) is 5.